The summed E-state index contributed by atoms with van der Waals surface area (Å²) in [6.07, 6.45) is 0.587. The molecule has 0 aromatic heterocycles. The molecule has 1 N–H and O–H groups in total. The highest BCUT2D eigenvalue weighted by atomic mass is 32.2. The van der Waals surface area contributed by atoms with Gasteiger partial charge in [-0.3, -0.25) is 4.79 Å². The minimum Gasteiger partial charge on any atom is -0.372 e. The smallest absolute Gasteiger partial charge is 0.235 e. The Hall–Kier alpha value is -2.22. The van der Waals surface area contributed by atoms with Crippen LogP contribution in [0.15, 0.2) is 54.6 Å². The van der Waals surface area contributed by atoms with E-state index in [-0.39, 0.29) is 18.2 Å². The maximum atomic E-state index is 12.0. The van der Waals surface area contributed by atoms with Crippen LogP contribution >= 0.6 is 0 Å². The SMILES string of the molecule is O=C(CN1CCCS1(=O)=O)NCc1ccc(COCc2ccccc2)cc1. The Morgan fingerprint density at radius 1 is 0.963 bits per heavy atom. The van der Waals surface area contributed by atoms with E-state index in [9.17, 15) is 13.2 Å². The van der Waals surface area contributed by atoms with Crippen molar-refractivity contribution in [3.05, 3.63) is 71.3 Å². The minimum absolute atomic E-state index is 0.103. The van der Waals surface area contributed by atoms with Crippen molar-refractivity contribution < 1.29 is 17.9 Å². The van der Waals surface area contributed by atoms with E-state index in [0.29, 0.717) is 32.7 Å². The summed E-state index contributed by atoms with van der Waals surface area (Å²) >= 11 is 0. The monoisotopic (exact) mass is 388 g/mol. The van der Waals surface area contributed by atoms with Crippen LogP contribution in [0.2, 0.25) is 0 Å². The molecule has 0 bridgehead atoms. The maximum absolute atomic E-state index is 12.0. The number of ether oxygens (including phenoxy) is 1. The zero-order chi connectivity index (χ0) is 19.1. The standard InChI is InChI=1S/C20H24N2O4S/c23-20(14-22-11-4-12-27(22,24)25)21-13-17-7-9-19(10-8-17)16-26-15-18-5-2-1-3-6-18/h1-3,5-10H,4,11-16H2,(H,21,23). The quantitative estimate of drug-likeness (QED) is 0.751. The molecule has 2 aromatic rings. The molecular weight excluding hydrogens is 364 g/mol. The summed E-state index contributed by atoms with van der Waals surface area (Å²) in [7, 11) is -3.24. The molecule has 1 fully saturated rings. The van der Waals surface area contributed by atoms with E-state index in [4.69, 9.17) is 4.74 Å². The van der Waals surface area contributed by atoms with Crippen LogP contribution in [0.3, 0.4) is 0 Å². The van der Waals surface area contributed by atoms with Crippen molar-refractivity contribution >= 4 is 15.9 Å². The van der Waals surface area contributed by atoms with Crippen molar-refractivity contribution in [1.29, 1.82) is 0 Å². The molecular formula is C20H24N2O4S. The second-order valence-electron chi connectivity index (χ2n) is 6.57. The minimum atomic E-state index is -3.24. The van der Waals surface area contributed by atoms with Crippen LogP contribution in [0.5, 0.6) is 0 Å². The molecule has 0 spiro atoms. The molecule has 7 heteroatoms. The lowest BCUT2D eigenvalue weighted by atomic mass is 10.1. The zero-order valence-electron chi connectivity index (χ0n) is 15.1. The molecule has 1 saturated heterocycles. The topological polar surface area (TPSA) is 75.7 Å². The fraction of sp³-hybridized carbons (Fsp3) is 0.350. The molecule has 1 aliphatic rings. The number of nitrogens with one attached hydrogen (secondary N) is 1. The van der Waals surface area contributed by atoms with E-state index >= 15 is 0 Å². The molecule has 1 amide bonds. The average molecular weight is 388 g/mol. The lowest BCUT2D eigenvalue weighted by molar-refractivity contribution is -0.121. The first kappa shape index (κ1) is 19.5. The van der Waals surface area contributed by atoms with Gasteiger partial charge in [-0.1, -0.05) is 54.6 Å². The Morgan fingerprint density at radius 3 is 2.22 bits per heavy atom. The van der Waals surface area contributed by atoms with Gasteiger partial charge in [0.1, 0.15) is 0 Å². The zero-order valence-corrected chi connectivity index (χ0v) is 16.0. The van der Waals surface area contributed by atoms with E-state index in [1.165, 1.54) is 4.31 Å². The molecule has 1 heterocycles. The summed E-state index contributed by atoms with van der Waals surface area (Å²) in [4.78, 5) is 12.0. The third-order valence-corrected chi connectivity index (χ3v) is 6.32. The van der Waals surface area contributed by atoms with Crippen LogP contribution in [0.4, 0.5) is 0 Å². The van der Waals surface area contributed by atoms with Crippen molar-refractivity contribution in [2.45, 2.75) is 26.2 Å². The summed E-state index contributed by atoms with van der Waals surface area (Å²) in [5.41, 5.74) is 3.15. The summed E-state index contributed by atoms with van der Waals surface area (Å²) in [5.74, 6) is -0.149. The van der Waals surface area contributed by atoms with Gasteiger partial charge in [0, 0.05) is 13.1 Å². The number of sulfonamides is 1. The van der Waals surface area contributed by atoms with Crippen molar-refractivity contribution in [2.75, 3.05) is 18.8 Å². The van der Waals surface area contributed by atoms with Crippen LogP contribution < -0.4 is 5.32 Å². The van der Waals surface area contributed by atoms with Crippen molar-refractivity contribution in [2.24, 2.45) is 0 Å². The van der Waals surface area contributed by atoms with Gasteiger partial charge in [-0.25, -0.2) is 8.42 Å². The fourth-order valence-corrected chi connectivity index (χ4v) is 4.37. The van der Waals surface area contributed by atoms with Gasteiger partial charge >= 0.3 is 0 Å². The Kier molecular flexibility index (Phi) is 6.60. The Bertz CT molecular complexity index is 851. The normalized spacial score (nSPS) is 16.3. The first-order valence-electron chi connectivity index (χ1n) is 8.97. The largest absolute Gasteiger partial charge is 0.372 e. The highest BCUT2D eigenvalue weighted by Gasteiger charge is 2.29. The Labute approximate surface area is 160 Å². The van der Waals surface area contributed by atoms with E-state index < -0.39 is 10.0 Å². The van der Waals surface area contributed by atoms with E-state index in [1.54, 1.807) is 0 Å². The van der Waals surface area contributed by atoms with Gasteiger partial charge in [-0.2, -0.15) is 4.31 Å². The molecule has 3 rings (SSSR count). The van der Waals surface area contributed by atoms with Crippen LogP contribution in [0, 0.1) is 0 Å². The molecule has 144 valence electrons. The number of hydrogen-bond donors (Lipinski definition) is 1. The Morgan fingerprint density at radius 2 is 1.59 bits per heavy atom. The highest BCUT2D eigenvalue weighted by Crippen LogP contribution is 2.12. The fourth-order valence-electron chi connectivity index (χ4n) is 2.90. The van der Waals surface area contributed by atoms with Gasteiger partial charge in [-0.15, -0.1) is 0 Å². The summed E-state index contributed by atoms with van der Waals surface area (Å²) in [6.45, 7) is 1.78. The van der Waals surface area contributed by atoms with Crippen LogP contribution in [-0.4, -0.2) is 37.5 Å². The third kappa shape index (κ3) is 5.89. The van der Waals surface area contributed by atoms with E-state index in [1.807, 2.05) is 54.6 Å². The van der Waals surface area contributed by atoms with Gasteiger partial charge in [0.15, 0.2) is 0 Å². The van der Waals surface area contributed by atoms with Gasteiger partial charge in [0.2, 0.25) is 15.9 Å². The number of rotatable bonds is 8. The molecule has 27 heavy (non-hydrogen) atoms. The number of carbonyl (C=O) groups is 1. The Balaban J connectivity index is 1.40. The average Bonchev–Trinajstić information content (AvgIpc) is 3.00. The van der Waals surface area contributed by atoms with E-state index in [0.717, 1.165) is 16.7 Å². The van der Waals surface area contributed by atoms with Gasteiger partial charge in [-0.05, 0) is 23.1 Å². The number of carbonyl (C=O) groups excluding carboxylic acids is 1. The van der Waals surface area contributed by atoms with Gasteiger partial charge in [0.25, 0.3) is 0 Å². The molecule has 0 atom stereocenters. The predicted octanol–water partition coefficient (Wildman–Crippen LogP) is 2.06. The van der Waals surface area contributed by atoms with Crippen LogP contribution in [-0.2, 0) is 39.3 Å². The molecule has 0 radical (unpaired) electrons. The number of amides is 1. The van der Waals surface area contributed by atoms with Crippen molar-refractivity contribution in [1.82, 2.24) is 9.62 Å². The molecule has 6 nitrogen and oxygen atoms in total. The summed E-state index contributed by atoms with van der Waals surface area (Å²) in [6, 6.07) is 17.8. The molecule has 1 aliphatic heterocycles. The lowest BCUT2D eigenvalue weighted by Gasteiger charge is -2.14. The highest BCUT2D eigenvalue weighted by molar-refractivity contribution is 7.89. The van der Waals surface area contributed by atoms with Gasteiger partial charge < -0.3 is 10.1 Å². The summed E-state index contributed by atoms with van der Waals surface area (Å²) in [5, 5.41) is 2.77. The third-order valence-electron chi connectivity index (χ3n) is 4.42. The lowest BCUT2D eigenvalue weighted by Crippen LogP contribution is -2.37. The molecule has 0 aliphatic carbocycles. The first-order chi connectivity index (χ1) is 13.0. The second kappa shape index (κ2) is 9.12. The number of hydrogen-bond acceptors (Lipinski definition) is 4. The molecule has 0 unspecified atom stereocenters. The first-order valence-corrected chi connectivity index (χ1v) is 10.6. The maximum Gasteiger partial charge on any atom is 0.235 e. The molecule has 0 saturated carbocycles. The van der Waals surface area contributed by atoms with E-state index in [2.05, 4.69) is 5.32 Å². The van der Waals surface area contributed by atoms with Gasteiger partial charge in [0.05, 0.1) is 25.5 Å². The summed E-state index contributed by atoms with van der Waals surface area (Å²) < 4.78 is 30.4. The number of benzene rings is 2. The van der Waals surface area contributed by atoms with Crippen LogP contribution in [0.1, 0.15) is 23.1 Å². The molecule has 2 aromatic carbocycles. The predicted molar refractivity (Wildman–Crippen MR) is 103 cm³/mol. The van der Waals surface area contributed by atoms with Crippen molar-refractivity contribution in [3.8, 4) is 0 Å². The second-order valence-corrected chi connectivity index (χ2v) is 8.66. The number of nitrogens with zero attached hydrogens (tertiary/aromatic N) is 1. The van der Waals surface area contributed by atoms with Crippen molar-refractivity contribution in [3.63, 3.8) is 0 Å². The van der Waals surface area contributed by atoms with Crippen LogP contribution in [0.25, 0.3) is 0 Å².